The zero-order chi connectivity index (χ0) is 18.6. The second-order valence-corrected chi connectivity index (χ2v) is 6.99. The van der Waals surface area contributed by atoms with Crippen molar-refractivity contribution >= 4 is 29.9 Å². The molecule has 0 aliphatic heterocycles. The first-order valence-corrected chi connectivity index (χ1v) is 8.94. The summed E-state index contributed by atoms with van der Waals surface area (Å²) >= 11 is 6.06. The van der Waals surface area contributed by atoms with Crippen LogP contribution in [0.2, 0.25) is 5.02 Å². The van der Waals surface area contributed by atoms with Gasteiger partial charge in [-0.15, -0.1) is 17.5 Å². The summed E-state index contributed by atoms with van der Waals surface area (Å²) in [5, 5.41) is 8.90. The number of nitrogens with zero attached hydrogens (tertiary/aromatic N) is 4. The molecule has 0 aliphatic rings. The number of hydrogen-bond acceptors (Lipinski definition) is 4. The molecular weight excluding hydrogens is 373 g/mol. The lowest BCUT2D eigenvalue weighted by Gasteiger charge is -2.21. The summed E-state index contributed by atoms with van der Waals surface area (Å²) in [7, 11) is 1.77. The number of carbonyl (C=O) groups excluding carboxylic acids is 1. The number of halogens is 2. The van der Waals surface area contributed by atoms with E-state index in [9.17, 15) is 4.79 Å². The predicted octanol–water partition coefficient (Wildman–Crippen LogP) is 3.35. The van der Waals surface area contributed by atoms with Gasteiger partial charge in [0.05, 0.1) is 11.4 Å². The summed E-state index contributed by atoms with van der Waals surface area (Å²) in [5.74, 6) is 0.250. The van der Waals surface area contributed by atoms with Crippen LogP contribution in [0.1, 0.15) is 43.4 Å². The van der Waals surface area contributed by atoms with Gasteiger partial charge >= 0.3 is 0 Å². The van der Waals surface area contributed by atoms with Crippen molar-refractivity contribution in [3.05, 3.63) is 40.7 Å². The molecule has 1 aromatic carbocycles. The average Bonchev–Trinajstić information content (AvgIpc) is 3.02. The van der Waals surface area contributed by atoms with E-state index in [1.54, 1.807) is 28.8 Å². The monoisotopic (exact) mass is 399 g/mol. The smallest absolute Gasteiger partial charge is 0.276 e. The minimum atomic E-state index is -0.138. The van der Waals surface area contributed by atoms with Crippen molar-refractivity contribution in [2.75, 3.05) is 13.6 Å². The molecule has 0 radical (unpaired) electrons. The van der Waals surface area contributed by atoms with E-state index in [1.807, 2.05) is 19.1 Å². The summed E-state index contributed by atoms with van der Waals surface area (Å²) in [4.78, 5) is 14.4. The predicted molar refractivity (Wildman–Crippen MR) is 107 cm³/mol. The van der Waals surface area contributed by atoms with E-state index in [0.717, 1.165) is 17.8 Å². The van der Waals surface area contributed by atoms with Crippen molar-refractivity contribution in [1.82, 2.24) is 19.9 Å². The highest BCUT2D eigenvalue weighted by Gasteiger charge is 2.23. The summed E-state index contributed by atoms with van der Waals surface area (Å²) in [6.07, 6.45) is 1.39. The Hall–Kier alpha value is -1.63. The van der Waals surface area contributed by atoms with E-state index in [4.69, 9.17) is 17.3 Å². The van der Waals surface area contributed by atoms with Crippen LogP contribution in [0, 0.1) is 5.92 Å². The number of nitrogens with two attached hydrogens (primary N) is 1. The van der Waals surface area contributed by atoms with Crippen LogP contribution in [0.25, 0.3) is 5.69 Å². The van der Waals surface area contributed by atoms with E-state index >= 15 is 0 Å². The number of amides is 1. The van der Waals surface area contributed by atoms with Crippen LogP contribution in [-0.4, -0.2) is 45.4 Å². The van der Waals surface area contributed by atoms with Gasteiger partial charge in [0.25, 0.3) is 5.91 Å². The van der Waals surface area contributed by atoms with E-state index in [0.29, 0.717) is 29.6 Å². The zero-order valence-electron chi connectivity index (χ0n) is 15.6. The van der Waals surface area contributed by atoms with Crippen LogP contribution < -0.4 is 5.73 Å². The molecule has 2 rings (SSSR count). The van der Waals surface area contributed by atoms with Crippen molar-refractivity contribution in [3.63, 3.8) is 0 Å². The Balaban J connectivity index is 0.00000338. The molecule has 2 aromatic rings. The molecule has 0 saturated heterocycles. The maximum atomic E-state index is 12.8. The Labute approximate surface area is 166 Å². The van der Waals surface area contributed by atoms with Gasteiger partial charge in [0.15, 0.2) is 5.69 Å². The molecule has 144 valence electrons. The lowest BCUT2D eigenvalue weighted by atomic mass is 10.0. The van der Waals surface area contributed by atoms with Gasteiger partial charge in [-0.2, -0.15) is 0 Å². The Morgan fingerprint density at radius 2 is 2.08 bits per heavy atom. The molecule has 1 unspecified atom stereocenters. The molecule has 1 amide bonds. The minimum Gasteiger partial charge on any atom is -0.340 e. The maximum absolute atomic E-state index is 12.8. The van der Waals surface area contributed by atoms with Crippen LogP contribution >= 0.6 is 24.0 Å². The normalized spacial score (nSPS) is 12.0. The van der Waals surface area contributed by atoms with Crippen molar-refractivity contribution in [2.45, 2.75) is 39.7 Å². The maximum Gasteiger partial charge on any atom is 0.276 e. The summed E-state index contributed by atoms with van der Waals surface area (Å²) < 4.78 is 1.67. The molecule has 1 aromatic heterocycles. The summed E-state index contributed by atoms with van der Waals surface area (Å²) in [6.45, 7) is 6.73. The molecule has 1 atom stereocenters. The fourth-order valence-electron chi connectivity index (χ4n) is 2.56. The quantitative estimate of drug-likeness (QED) is 0.773. The lowest BCUT2D eigenvalue weighted by Crippen LogP contribution is -2.35. The first kappa shape index (κ1) is 22.4. The van der Waals surface area contributed by atoms with Crippen LogP contribution in [0.5, 0.6) is 0 Å². The molecule has 0 spiro atoms. The van der Waals surface area contributed by atoms with E-state index in [1.165, 1.54) is 0 Å². The summed E-state index contributed by atoms with van der Waals surface area (Å²) in [6, 6.07) is 7.41. The van der Waals surface area contributed by atoms with Crippen molar-refractivity contribution in [2.24, 2.45) is 11.7 Å². The SMILES string of the molecule is CCc1c(C(=O)N(C)CCC(N)C(C)C)nnn1-c1cccc(Cl)c1.Cl. The highest BCUT2D eigenvalue weighted by atomic mass is 35.5. The number of carbonyl (C=O) groups is 1. The van der Waals surface area contributed by atoms with Crippen molar-refractivity contribution in [3.8, 4) is 5.69 Å². The number of aromatic nitrogens is 3. The fraction of sp³-hybridized carbons (Fsp3) is 0.500. The van der Waals surface area contributed by atoms with E-state index in [-0.39, 0.29) is 24.4 Å². The van der Waals surface area contributed by atoms with E-state index < -0.39 is 0 Å². The van der Waals surface area contributed by atoms with Crippen LogP contribution in [0.4, 0.5) is 0 Å². The lowest BCUT2D eigenvalue weighted by molar-refractivity contribution is 0.0782. The molecule has 8 heteroatoms. The third-order valence-corrected chi connectivity index (χ3v) is 4.59. The second kappa shape index (κ2) is 9.90. The highest BCUT2D eigenvalue weighted by molar-refractivity contribution is 6.30. The topological polar surface area (TPSA) is 77.0 Å². The highest BCUT2D eigenvalue weighted by Crippen LogP contribution is 2.18. The Kier molecular flexibility index (Phi) is 8.53. The Morgan fingerprint density at radius 3 is 2.65 bits per heavy atom. The first-order chi connectivity index (χ1) is 11.8. The van der Waals surface area contributed by atoms with Gasteiger partial charge in [-0.05, 0) is 37.0 Å². The van der Waals surface area contributed by atoms with Crippen LogP contribution in [-0.2, 0) is 6.42 Å². The number of hydrogen-bond donors (Lipinski definition) is 1. The van der Waals surface area contributed by atoms with Gasteiger partial charge in [-0.3, -0.25) is 4.79 Å². The third kappa shape index (κ3) is 5.19. The van der Waals surface area contributed by atoms with Gasteiger partial charge in [0.2, 0.25) is 0 Å². The van der Waals surface area contributed by atoms with Crippen LogP contribution in [0.15, 0.2) is 24.3 Å². The standard InChI is InChI=1S/C18H26ClN5O.ClH/c1-5-16-17(18(25)23(4)10-9-15(20)12(2)3)21-22-24(16)14-8-6-7-13(19)11-14;/h6-8,11-12,15H,5,9-10,20H2,1-4H3;1H. The zero-order valence-corrected chi connectivity index (χ0v) is 17.2. The molecule has 0 saturated carbocycles. The Bertz CT molecular complexity index is 732. The Morgan fingerprint density at radius 1 is 1.38 bits per heavy atom. The molecule has 0 bridgehead atoms. The number of benzene rings is 1. The van der Waals surface area contributed by atoms with Gasteiger partial charge < -0.3 is 10.6 Å². The van der Waals surface area contributed by atoms with Crippen LogP contribution in [0.3, 0.4) is 0 Å². The average molecular weight is 400 g/mol. The van der Waals surface area contributed by atoms with Crippen molar-refractivity contribution < 1.29 is 4.79 Å². The largest absolute Gasteiger partial charge is 0.340 e. The molecule has 1 heterocycles. The van der Waals surface area contributed by atoms with Gasteiger partial charge in [-0.25, -0.2) is 4.68 Å². The first-order valence-electron chi connectivity index (χ1n) is 8.56. The van der Waals surface area contributed by atoms with Crippen molar-refractivity contribution in [1.29, 1.82) is 0 Å². The third-order valence-electron chi connectivity index (χ3n) is 4.35. The fourth-order valence-corrected chi connectivity index (χ4v) is 2.74. The summed E-state index contributed by atoms with van der Waals surface area (Å²) in [5.41, 5.74) is 8.01. The van der Waals surface area contributed by atoms with Gasteiger partial charge in [0.1, 0.15) is 0 Å². The molecule has 2 N–H and O–H groups in total. The van der Waals surface area contributed by atoms with E-state index in [2.05, 4.69) is 24.2 Å². The molecular formula is C18H27Cl2N5O. The molecule has 0 fully saturated rings. The minimum absolute atomic E-state index is 0. The second-order valence-electron chi connectivity index (χ2n) is 6.55. The molecule has 0 aliphatic carbocycles. The number of rotatable bonds is 7. The van der Waals surface area contributed by atoms with Gasteiger partial charge in [0, 0.05) is 24.7 Å². The molecule has 6 nitrogen and oxygen atoms in total. The van der Waals surface area contributed by atoms with Gasteiger partial charge in [-0.1, -0.05) is 43.7 Å². The molecule has 26 heavy (non-hydrogen) atoms.